The molecule has 194 valence electrons. The van der Waals surface area contributed by atoms with Crippen LogP contribution in [0.25, 0.3) is 11.6 Å². The third kappa shape index (κ3) is 6.46. The number of aromatic nitrogens is 2. The van der Waals surface area contributed by atoms with Gasteiger partial charge in [-0.3, -0.25) is 14.4 Å². The molecular formula is C29H35N5O3. The van der Waals surface area contributed by atoms with E-state index in [1.807, 2.05) is 84.4 Å². The van der Waals surface area contributed by atoms with Gasteiger partial charge in [0, 0.05) is 43.7 Å². The van der Waals surface area contributed by atoms with Gasteiger partial charge in [-0.1, -0.05) is 49.1 Å². The summed E-state index contributed by atoms with van der Waals surface area (Å²) >= 11 is 0. The Morgan fingerprint density at radius 1 is 1.30 bits per heavy atom. The Morgan fingerprint density at radius 3 is 2.84 bits per heavy atom. The van der Waals surface area contributed by atoms with Crippen LogP contribution in [-0.4, -0.2) is 59.5 Å². The molecule has 4 rings (SSSR count). The third-order valence-corrected chi connectivity index (χ3v) is 6.87. The lowest BCUT2D eigenvalue weighted by Crippen LogP contribution is -2.45. The standard InChI is InChI=1S/C29H35N5O3/c1-21(8-11-26-19-31-32(3)22(26)2)25-6-4-7-27(18-25)34(29(36)33-14-5-16-37-17-15-33)20-23-9-12-24(13-10-23)28(30)35/h4,6-12,18-19,24H,1,5,13-17,20H2,2-3H3,(H2,30,35)/b11-8-. The summed E-state index contributed by atoms with van der Waals surface area (Å²) < 4.78 is 7.40. The van der Waals surface area contributed by atoms with Crippen molar-refractivity contribution in [3.05, 3.63) is 83.7 Å². The van der Waals surface area contributed by atoms with Crippen LogP contribution < -0.4 is 10.6 Å². The number of ether oxygens (including phenoxy) is 1. The average Bonchev–Trinajstić information content (AvgIpc) is 3.08. The maximum absolute atomic E-state index is 13.8. The highest BCUT2D eigenvalue weighted by molar-refractivity contribution is 5.93. The Labute approximate surface area is 218 Å². The Bertz CT molecular complexity index is 1250. The lowest BCUT2D eigenvalue weighted by Gasteiger charge is -2.31. The van der Waals surface area contributed by atoms with Crippen LogP contribution in [0, 0.1) is 12.8 Å². The number of anilines is 1. The topological polar surface area (TPSA) is 93.7 Å². The molecule has 0 saturated carbocycles. The zero-order valence-electron chi connectivity index (χ0n) is 21.6. The van der Waals surface area contributed by atoms with Crippen molar-refractivity contribution >= 4 is 29.3 Å². The second-order valence-electron chi connectivity index (χ2n) is 9.42. The number of urea groups is 1. The van der Waals surface area contributed by atoms with Gasteiger partial charge < -0.3 is 15.4 Å². The first-order valence-corrected chi connectivity index (χ1v) is 12.6. The number of aryl methyl sites for hydroxylation is 1. The molecule has 2 N–H and O–H groups in total. The summed E-state index contributed by atoms with van der Waals surface area (Å²) in [5.74, 6) is -0.651. The number of nitrogens with zero attached hydrogens (tertiary/aromatic N) is 4. The number of allylic oxidation sites excluding steroid dienone is 3. The van der Waals surface area contributed by atoms with E-state index < -0.39 is 0 Å². The molecular weight excluding hydrogens is 466 g/mol. The normalized spacial score (nSPS) is 17.9. The van der Waals surface area contributed by atoms with Crippen molar-refractivity contribution in [2.75, 3.05) is 37.7 Å². The summed E-state index contributed by atoms with van der Waals surface area (Å²) in [5.41, 5.74) is 11.1. The number of nitrogens with two attached hydrogens (primary N) is 1. The molecule has 3 amide bonds. The molecule has 1 aliphatic carbocycles. The van der Waals surface area contributed by atoms with Crippen LogP contribution in [0.1, 0.15) is 29.7 Å². The van der Waals surface area contributed by atoms with Crippen molar-refractivity contribution in [3.63, 3.8) is 0 Å². The summed E-state index contributed by atoms with van der Waals surface area (Å²) in [6.45, 7) is 9.04. The largest absolute Gasteiger partial charge is 0.380 e. The number of hydrogen-bond acceptors (Lipinski definition) is 4. The van der Waals surface area contributed by atoms with E-state index in [1.54, 1.807) is 4.90 Å². The van der Waals surface area contributed by atoms with E-state index in [-0.39, 0.29) is 17.9 Å². The fourth-order valence-corrected chi connectivity index (χ4v) is 4.39. The number of carbonyl (C=O) groups excluding carboxylic acids is 2. The molecule has 8 heteroatoms. The van der Waals surface area contributed by atoms with Gasteiger partial charge in [-0.2, -0.15) is 5.10 Å². The summed E-state index contributed by atoms with van der Waals surface area (Å²) in [5, 5.41) is 4.29. The Balaban J connectivity index is 1.59. The molecule has 0 spiro atoms. The van der Waals surface area contributed by atoms with Crippen LogP contribution in [0.4, 0.5) is 10.5 Å². The molecule has 1 fully saturated rings. The number of primary amides is 1. The average molecular weight is 502 g/mol. The monoisotopic (exact) mass is 501 g/mol. The predicted molar refractivity (Wildman–Crippen MR) is 147 cm³/mol. The lowest BCUT2D eigenvalue weighted by molar-refractivity contribution is -0.120. The van der Waals surface area contributed by atoms with E-state index in [1.165, 1.54) is 0 Å². The minimum Gasteiger partial charge on any atom is -0.380 e. The van der Waals surface area contributed by atoms with E-state index in [2.05, 4.69) is 11.7 Å². The van der Waals surface area contributed by atoms with Gasteiger partial charge in [0.2, 0.25) is 5.91 Å². The predicted octanol–water partition coefficient (Wildman–Crippen LogP) is 4.09. The second kappa shape index (κ2) is 11.9. The Morgan fingerprint density at radius 2 is 2.14 bits per heavy atom. The van der Waals surface area contributed by atoms with E-state index in [4.69, 9.17) is 10.5 Å². The van der Waals surface area contributed by atoms with Crippen LogP contribution in [0.5, 0.6) is 0 Å². The summed E-state index contributed by atoms with van der Waals surface area (Å²) in [6, 6.07) is 7.80. The minimum atomic E-state index is -0.343. The van der Waals surface area contributed by atoms with Crippen molar-refractivity contribution in [1.82, 2.24) is 14.7 Å². The van der Waals surface area contributed by atoms with Gasteiger partial charge in [0.15, 0.2) is 0 Å². The molecule has 1 atom stereocenters. The molecule has 1 aliphatic heterocycles. The molecule has 1 aromatic heterocycles. The molecule has 2 aromatic rings. The van der Waals surface area contributed by atoms with E-state index in [0.29, 0.717) is 39.3 Å². The van der Waals surface area contributed by atoms with Gasteiger partial charge in [-0.05, 0) is 48.6 Å². The van der Waals surface area contributed by atoms with Crippen molar-refractivity contribution in [3.8, 4) is 0 Å². The van der Waals surface area contributed by atoms with Crippen molar-refractivity contribution in [2.45, 2.75) is 19.8 Å². The van der Waals surface area contributed by atoms with Crippen LogP contribution in [-0.2, 0) is 16.6 Å². The highest BCUT2D eigenvalue weighted by Crippen LogP contribution is 2.26. The van der Waals surface area contributed by atoms with Gasteiger partial charge in [-0.25, -0.2) is 4.79 Å². The molecule has 2 aliphatic rings. The summed E-state index contributed by atoms with van der Waals surface area (Å²) in [4.78, 5) is 28.9. The van der Waals surface area contributed by atoms with Gasteiger partial charge in [0.05, 0.1) is 25.3 Å². The quantitative estimate of drug-likeness (QED) is 0.578. The zero-order valence-corrected chi connectivity index (χ0v) is 21.6. The van der Waals surface area contributed by atoms with Crippen LogP contribution in [0.15, 0.2) is 66.9 Å². The first kappa shape index (κ1) is 26.2. The maximum atomic E-state index is 13.8. The van der Waals surface area contributed by atoms with Gasteiger partial charge in [-0.15, -0.1) is 0 Å². The molecule has 2 heterocycles. The fraction of sp³-hybridized carbons (Fsp3) is 0.345. The molecule has 1 unspecified atom stereocenters. The van der Waals surface area contributed by atoms with Gasteiger partial charge >= 0.3 is 6.03 Å². The molecule has 0 bridgehead atoms. The fourth-order valence-electron chi connectivity index (χ4n) is 4.39. The van der Waals surface area contributed by atoms with E-state index in [0.717, 1.165) is 40.1 Å². The lowest BCUT2D eigenvalue weighted by atomic mass is 9.96. The SMILES string of the molecule is C=C(/C=C\c1cnn(C)c1C)c1cccc(N(CC2=CCC(C(N)=O)C=C2)C(=O)N2CCCOCC2)c1. The highest BCUT2D eigenvalue weighted by atomic mass is 16.5. The van der Waals surface area contributed by atoms with Gasteiger partial charge in [0.25, 0.3) is 0 Å². The number of carbonyl (C=O) groups is 2. The first-order valence-electron chi connectivity index (χ1n) is 12.6. The van der Waals surface area contributed by atoms with Crippen molar-refractivity contribution < 1.29 is 14.3 Å². The summed E-state index contributed by atoms with van der Waals surface area (Å²) in [6.07, 6.45) is 12.9. The van der Waals surface area contributed by atoms with Gasteiger partial charge in [0.1, 0.15) is 0 Å². The zero-order chi connectivity index (χ0) is 26.4. The maximum Gasteiger partial charge on any atom is 0.324 e. The van der Waals surface area contributed by atoms with E-state index >= 15 is 0 Å². The Hall–Kier alpha value is -3.91. The smallest absolute Gasteiger partial charge is 0.324 e. The van der Waals surface area contributed by atoms with Crippen molar-refractivity contribution in [2.24, 2.45) is 18.7 Å². The second-order valence-corrected chi connectivity index (χ2v) is 9.42. The molecule has 0 radical (unpaired) electrons. The molecule has 1 aromatic carbocycles. The number of amides is 3. The number of benzene rings is 1. The Kier molecular flexibility index (Phi) is 8.40. The van der Waals surface area contributed by atoms with Crippen molar-refractivity contribution in [1.29, 1.82) is 0 Å². The summed E-state index contributed by atoms with van der Waals surface area (Å²) in [7, 11) is 1.91. The number of rotatable bonds is 7. The highest BCUT2D eigenvalue weighted by Gasteiger charge is 2.25. The van der Waals surface area contributed by atoms with E-state index in [9.17, 15) is 9.59 Å². The van der Waals surface area contributed by atoms with Crippen LogP contribution in [0.2, 0.25) is 0 Å². The molecule has 37 heavy (non-hydrogen) atoms. The first-order chi connectivity index (χ1) is 17.8. The minimum absolute atomic E-state index is 0.0684. The van der Waals surface area contributed by atoms with Crippen LogP contribution >= 0.6 is 0 Å². The van der Waals surface area contributed by atoms with Crippen LogP contribution in [0.3, 0.4) is 0 Å². The third-order valence-electron chi connectivity index (χ3n) is 6.87. The molecule has 8 nitrogen and oxygen atoms in total. The number of hydrogen-bond donors (Lipinski definition) is 1. The molecule has 1 saturated heterocycles.